The van der Waals surface area contributed by atoms with Crippen LogP contribution in [0.1, 0.15) is 22.8 Å². The van der Waals surface area contributed by atoms with Gasteiger partial charge in [-0.25, -0.2) is 5.43 Å². The number of ether oxygens (including phenoxy) is 2. The highest BCUT2D eigenvalue weighted by Gasteiger charge is 2.11. The van der Waals surface area contributed by atoms with E-state index in [1.165, 1.54) is 0 Å². The van der Waals surface area contributed by atoms with Crippen molar-refractivity contribution in [3.05, 3.63) is 69.3 Å². The Bertz CT molecular complexity index is 997. The number of hydrogen-bond acceptors (Lipinski definition) is 4. The number of nitrogens with one attached hydrogen (secondary N) is 1. The van der Waals surface area contributed by atoms with Crippen LogP contribution in [-0.2, 0) is 0 Å². The average molecular weight is 474 g/mol. The Morgan fingerprint density at radius 1 is 1.19 bits per heavy atom. The normalized spacial score (nSPS) is 10.9. The molecule has 1 N–H and O–H groups in total. The van der Waals surface area contributed by atoms with Crippen LogP contribution in [0, 0.1) is 3.57 Å². The summed E-state index contributed by atoms with van der Waals surface area (Å²) in [6.07, 6.45) is 1.59. The zero-order valence-electron chi connectivity index (χ0n) is 15.0. The predicted molar refractivity (Wildman–Crippen MR) is 116 cm³/mol. The van der Waals surface area contributed by atoms with Crippen molar-refractivity contribution >= 4 is 45.5 Å². The van der Waals surface area contributed by atoms with Crippen molar-refractivity contribution < 1.29 is 14.3 Å². The van der Waals surface area contributed by atoms with Crippen molar-refractivity contribution in [1.82, 2.24) is 5.43 Å². The molecule has 0 aliphatic heterocycles. The summed E-state index contributed by atoms with van der Waals surface area (Å²) in [5, 5.41) is 6.01. The fourth-order valence-corrected chi connectivity index (χ4v) is 3.62. The molecule has 1 amide bonds. The van der Waals surface area contributed by atoms with E-state index >= 15 is 0 Å². The number of amides is 1. The summed E-state index contributed by atoms with van der Waals surface area (Å²) in [4.78, 5) is 12.5. The fraction of sp³-hybridized carbons (Fsp3) is 0.143. The van der Waals surface area contributed by atoms with E-state index in [-0.39, 0.29) is 5.91 Å². The van der Waals surface area contributed by atoms with Gasteiger partial charge in [-0.1, -0.05) is 36.4 Å². The molecule has 3 rings (SSSR count). The third-order valence-electron chi connectivity index (χ3n) is 3.95. The topological polar surface area (TPSA) is 59.9 Å². The number of fused-ring (bicyclic) bond motifs is 1. The molecule has 0 heterocycles. The summed E-state index contributed by atoms with van der Waals surface area (Å²) in [5.74, 6) is 1.08. The molecule has 0 saturated heterocycles. The molecule has 5 nitrogen and oxygen atoms in total. The van der Waals surface area contributed by atoms with Crippen LogP contribution >= 0.6 is 22.6 Å². The lowest BCUT2D eigenvalue weighted by atomic mass is 10.0. The van der Waals surface area contributed by atoms with Gasteiger partial charge in [0.05, 0.1) is 23.5 Å². The number of hydrogen-bond donors (Lipinski definition) is 1. The Kier molecular flexibility index (Phi) is 6.28. The van der Waals surface area contributed by atoms with Crippen LogP contribution in [0.2, 0.25) is 0 Å². The minimum atomic E-state index is -0.253. The molecule has 0 bridgehead atoms. The van der Waals surface area contributed by atoms with Crippen LogP contribution in [0.5, 0.6) is 11.5 Å². The molecule has 0 aliphatic rings. The fourth-order valence-electron chi connectivity index (χ4n) is 2.77. The predicted octanol–water partition coefficient (Wildman–Crippen LogP) is 4.62. The monoisotopic (exact) mass is 474 g/mol. The van der Waals surface area contributed by atoms with Gasteiger partial charge in [-0.2, -0.15) is 5.10 Å². The quantitative estimate of drug-likeness (QED) is 0.323. The maximum absolute atomic E-state index is 12.5. The van der Waals surface area contributed by atoms with Crippen LogP contribution in [0.25, 0.3) is 10.8 Å². The molecule has 27 heavy (non-hydrogen) atoms. The van der Waals surface area contributed by atoms with Gasteiger partial charge in [0.25, 0.3) is 5.91 Å². The van der Waals surface area contributed by atoms with Crippen LogP contribution in [0.15, 0.2) is 59.7 Å². The highest BCUT2D eigenvalue weighted by atomic mass is 127. The van der Waals surface area contributed by atoms with E-state index in [9.17, 15) is 4.79 Å². The number of carbonyl (C=O) groups is 1. The number of carbonyl (C=O) groups excluding carboxylic acids is 1. The molecule has 138 valence electrons. The van der Waals surface area contributed by atoms with Gasteiger partial charge < -0.3 is 9.47 Å². The van der Waals surface area contributed by atoms with Crippen molar-refractivity contribution in [3.63, 3.8) is 0 Å². The summed E-state index contributed by atoms with van der Waals surface area (Å²) in [6, 6.07) is 17.1. The zero-order chi connectivity index (χ0) is 19.2. The average Bonchev–Trinajstić information content (AvgIpc) is 2.67. The van der Waals surface area contributed by atoms with Gasteiger partial charge in [0.1, 0.15) is 0 Å². The van der Waals surface area contributed by atoms with Gasteiger partial charge in [0.2, 0.25) is 0 Å². The van der Waals surface area contributed by atoms with Crippen molar-refractivity contribution in [2.75, 3.05) is 13.7 Å². The van der Waals surface area contributed by atoms with Crippen molar-refractivity contribution in [3.8, 4) is 11.5 Å². The molecule has 0 spiro atoms. The minimum absolute atomic E-state index is 0.253. The van der Waals surface area contributed by atoms with E-state index in [1.54, 1.807) is 19.4 Å². The first-order valence-electron chi connectivity index (χ1n) is 8.45. The summed E-state index contributed by atoms with van der Waals surface area (Å²) >= 11 is 2.18. The lowest BCUT2D eigenvalue weighted by Crippen LogP contribution is -2.17. The Balaban J connectivity index is 1.80. The Morgan fingerprint density at radius 3 is 2.74 bits per heavy atom. The van der Waals surface area contributed by atoms with Gasteiger partial charge in [-0.15, -0.1) is 0 Å². The third kappa shape index (κ3) is 4.39. The van der Waals surface area contributed by atoms with Crippen LogP contribution in [0.4, 0.5) is 0 Å². The number of benzene rings is 3. The highest BCUT2D eigenvalue weighted by molar-refractivity contribution is 14.1. The SMILES string of the molecule is CCOc1cc(/C=N\NC(=O)c2cccc3ccccc23)cc(I)c1OC. The molecule has 0 aromatic heterocycles. The second-order valence-corrected chi connectivity index (χ2v) is 6.86. The largest absolute Gasteiger partial charge is 0.492 e. The van der Waals surface area contributed by atoms with Gasteiger partial charge in [0.15, 0.2) is 11.5 Å². The molecule has 3 aromatic rings. The molecule has 0 radical (unpaired) electrons. The first-order valence-corrected chi connectivity index (χ1v) is 9.53. The van der Waals surface area contributed by atoms with Crippen molar-refractivity contribution in [2.24, 2.45) is 5.10 Å². The Hall–Kier alpha value is -2.61. The lowest BCUT2D eigenvalue weighted by molar-refractivity contribution is 0.0957. The van der Waals surface area contributed by atoms with Gasteiger partial charge in [0, 0.05) is 5.56 Å². The minimum Gasteiger partial charge on any atom is -0.492 e. The third-order valence-corrected chi connectivity index (χ3v) is 4.75. The first-order chi connectivity index (χ1) is 13.1. The lowest BCUT2D eigenvalue weighted by Gasteiger charge is -2.11. The van der Waals surface area contributed by atoms with Crippen LogP contribution in [-0.4, -0.2) is 25.8 Å². The van der Waals surface area contributed by atoms with Crippen LogP contribution in [0.3, 0.4) is 0 Å². The van der Waals surface area contributed by atoms with Gasteiger partial charge in [-0.05, 0) is 64.0 Å². The first kappa shape index (κ1) is 19.2. The van der Waals surface area contributed by atoms with E-state index in [2.05, 4.69) is 33.1 Å². The molecule has 0 fully saturated rings. The maximum Gasteiger partial charge on any atom is 0.271 e. The van der Waals surface area contributed by atoms with Gasteiger partial charge >= 0.3 is 0 Å². The number of rotatable bonds is 6. The zero-order valence-corrected chi connectivity index (χ0v) is 17.2. The number of hydrazone groups is 1. The second-order valence-electron chi connectivity index (χ2n) is 5.69. The Morgan fingerprint density at radius 2 is 1.96 bits per heavy atom. The molecule has 6 heteroatoms. The molecule has 3 aromatic carbocycles. The van der Waals surface area contributed by atoms with E-state index in [1.807, 2.05) is 55.5 Å². The number of nitrogens with zero attached hydrogens (tertiary/aromatic N) is 1. The van der Waals surface area contributed by atoms with Crippen molar-refractivity contribution in [2.45, 2.75) is 6.92 Å². The smallest absolute Gasteiger partial charge is 0.271 e. The number of methoxy groups -OCH3 is 1. The second kappa shape index (κ2) is 8.85. The Labute approximate surface area is 171 Å². The molecule has 0 atom stereocenters. The highest BCUT2D eigenvalue weighted by Crippen LogP contribution is 2.33. The summed E-state index contributed by atoms with van der Waals surface area (Å²) < 4.78 is 11.9. The molecule has 0 aliphatic carbocycles. The summed E-state index contributed by atoms with van der Waals surface area (Å²) in [7, 11) is 1.61. The molecular weight excluding hydrogens is 455 g/mol. The van der Waals surface area contributed by atoms with Gasteiger partial charge in [-0.3, -0.25) is 4.79 Å². The van der Waals surface area contributed by atoms with Crippen molar-refractivity contribution in [1.29, 1.82) is 0 Å². The molecule has 0 unspecified atom stereocenters. The number of halogens is 1. The molecule has 0 saturated carbocycles. The van der Waals surface area contributed by atoms with E-state index in [0.29, 0.717) is 23.7 Å². The van der Waals surface area contributed by atoms with E-state index in [0.717, 1.165) is 19.9 Å². The molecular formula is C21H19IN2O3. The van der Waals surface area contributed by atoms with Crippen LogP contribution < -0.4 is 14.9 Å². The standard InChI is InChI=1S/C21H19IN2O3/c1-3-27-19-12-14(11-18(22)20(19)26-2)13-23-24-21(25)17-10-6-8-15-7-4-5-9-16(15)17/h4-13H,3H2,1-2H3,(H,24,25)/b23-13-. The summed E-state index contributed by atoms with van der Waals surface area (Å²) in [5.41, 5.74) is 3.99. The van der Waals surface area contributed by atoms with E-state index in [4.69, 9.17) is 9.47 Å². The maximum atomic E-state index is 12.5. The van der Waals surface area contributed by atoms with E-state index < -0.39 is 0 Å². The summed E-state index contributed by atoms with van der Waals surface area (Å²) in [6.45, 7) is 2.45.